The molecule has 0 spiro atoms. The van der Waals surface area contributed by atoms with Crippen molar-refractivity contribution >= 4 is 75.6 Å². The van der Waals surface area contributed by atoms with Gasteiger partial charge in [0, 0.05) is 62.5 Å². The number of rotatable bonds is 12. The molecule has 250 valence electrons. The number of amides is 2. The molecule has 0 saturated heterocycles. The van der Waals surface area contributed by atoms with E-state index in [2.05, 4.69) is 10.3 Å². The summed E-state index contributed by atoms with van der Waals surface area (Å²) in [5.41, 5.74) is 3.60. The summed E-state index contributed by atoms with van der Waals surface area (Å²) < 4.78 is 9.75. The molecule has 0 aromatic heterocycles. The average Bonchev–Trinajstić information content (AvgIpc) is 3.05. The Morgan fingerprint density at radius 2 is 1.68 bits per heavy atom. The molecule has 13 heteroatoms. The van der Waals surface area contributed by atoms with Crippen molar-refractivity contribution in [1.29, 1.82) is 0 Å². The van der Waals surface area contributed by atoms with Crippen LogP contribution in [0.15, 0.2) is 77.8 Å². The summed E-state index contributed by atoms with van der Waals surface area (Å²) in [6, 6.07) is 22.0. The van der Waals surface area contributed by atoms with Crippen molar-refractivity contribution in [3.8, 4) is 5.75 Å². The number of benzene rings is 3. The molecule has 0 radical (unpaired) electrons. The highest BCUT2D eigenvalue weighted by Gasteiger charge is 2.31. The monoisotopic (exact) mass is 701 g/mol. The molecular formula is C34H38Cl3N5O5. The first-order chi connectivity index (χ1) is 22.3. The Labute approximate surface area is 290 Å². The summed E-state index contributed by atoms with van der Waals surface area (Å²) in [4.78, 5) is 48.5. The number of alkyl halides is 3. The van der Waals surface area contributed by atoms with E-state index in [4.69, 9.17) is 44.3 Å². The number of para-hydroxylation sites is 1. The number of nitrogens with one attached hydrogen (secondary N) is 1. The van der Waals surface area contributed by atoms with E-state index in [1.807, 2.05) is 67.5 Å². The largest absolute Gasteiger partial charge is 0.494 e. The van der Waals surface area contributed by atoms with Gasteiger partial charge < -0.3 is 24.2 Å². The van der Waals surface area contributed by atoms with Gasteiger partial charge in [-0.2, -0.15) is 0 Å². The normalized spacial score (nSPS) is 13.2. The van der Waals surface area contributed by atoms with Crippen molar-refractivity contribution in [3.05, 3.63) is 83.9 Å². The minimum Gasteiger partial charge on any atom is -0.494 e. The van der Waals surface area contributed by atoms with Crippen LogP contribution in [0, 0.1) is 5.92 Å². The summed E-state index contributed by atoms with van der Waals surface area (Å²) in [6.07, 6.45) is 0.857. The molecule has 1 aliphatic heterocycles. The van der Waals surface area contributed by atoms with Crippen molar-refractivity contribution in [2.45, 2.75) is 30.1 Å². The second-order valence-corrected chi connectivity index (χ2v) is 13.7. The number of nitrogens with zero attached hydrogens (tertiary/aromatic N) is 4. The third-order valence-electron chi connectivity index (χ3n) is 7.50. The zero-order chi connectivity index (χ0) is 34.1. The van der Waals surface area contributed by atoms with Gasteiger partial charge in [-0.05, 0) is 61.0 Å². The van der Waals surface area contributed by atoms with Gasteiger partial charge in [-0.1, -0.05) is 59.9 Å². The number of halogens is 3. The maximum absolute atomic E-state index is 13.2. The summed E-state index contributed by atoms with van der Waals surface area (Å²) in [5.74, 6) is -0.716. The number of carbonyl (C=O) groups excluding carboxylic acids is 3. The van der Waals surface area contributed by atoms with E-state index in [1.165, 1.54) is 0 Å². The molecule has 1 unspecified atom stereocenters. The molecule has 1 N–H and O–H groups in total. The van der Waals surface area contributed by atoms with E-state index in [0.29, 0.717) is 36.4 Å². The van der Waals surface area contributed by atoms with E-state index in [9.17, 15) is 14.4 Å². The first kappa shape index (κ1) is 35.9. The van der Waals surface area contributed by atoms with E-state index < -0.39 is 15.7 Å². The maximum Gasteiger partial charge on any atom is 0.325 e. The average molecular weight is 703 g/mol. The number of aliphatic imine (C=N–C) groups is 1. The molecule has 4 rings (SSSR count). The van der Waals surface area contributed by atoms with Crippen molar-refractivity contribution in [2.24, 2.45) is 10.9 Å². The molecule has 3 aromatic carbocycles. The Balaban J connectivity index is 1.43. The van der Waals surface area contributed by atoms with Gasteiger partial charge in [-0.25, -0.2) is 4.99 Å². The van der Waals surface area contributed by atoms with Crippen LogP contribution in [0.25, 0.3) is 0 Å². The third kappa shape index (κ3) is 10.2. The SMILES string of the molecule is CC(COC(=O)CN1Cc2cc(OCCCC(=O)N(C)c3ccccc3)ccc2N=C1NC(=O)c1ccc(N(C)C)cc1)C(Cl)(Cl)Cl. The smallest absolute Gasteiger partial charge is 0.325 e. The Bertz CT molecular complexity index is 1580. The van der Waals surface area contributed by atoms with Crippen molar-refractivity contribution in [2.75, 3.05) is 50.7 Å². The number of hydrogen-bond acceptors (Lipinski definition) is 8. The molecule has 0 bridgehead atoms. The zero-order valence-corrected chi connectivity index (χ0v) is 29.0. The van der Waals surface area contributed by atoms with E-state index in [1.54, 1.807) is 48.0 Å². The molecule has 1 atom stereocenters. The van der Waals surface area contributed by atoms with E-state index in [0.717, 1.165) is 16.9 Å². The quantitative estimate of drug-likeness (QED) is 0.133. The van der Waals surface area contributed by atoms with Crippen LogP contribution in [0.1, 0.15) is 35.7 Å². The molecule has 3 aromatic rings. The number of guanidine groups is 1. The minimum atomic E-state index is -1.59. The Hall–Kier alpha value is -3.99. The van der Waals surface area contributed by atoms with Crippen LogP contribution in [0.2, 0.25) is 0 Å². The van der Waals surface area contributed by atoms with Crippen molar-refractivity contribution < 1.29 is 23.9 Å². The zero-order valence-electron chi connectivity index (χ0n) is 26.7. The summed E-state index contributed by atoms with van der Waals surface area (Å²) >= 11 is 17.8. The lowest BCUT2D eigenvalue weighted by Gasteiger charge is -2.30. The van der Waals surface area contributed by atoms with Crippen LogP contribution in [-0.2, 0) is 20.9 Å². The van der Waals surface area contributed by atoms with Gasteiger partial charge in [0.25, 0.3) is 5.91 Å². The minimum absolute atomic E-state index is 0.00597. The van der Waals surface area contributed by atoms with Crippen molar-refractivity contribution in [1.82, 2.24) is 10.2 Å². The molecule has 10 nitrogen and oxygen atoms in total. The lowest BCUT2D eigenvalue weighted by Crippen LogP contribution is -2.47. The van der Waals surface area contributed by atoms with Crippen LogP contribution < -0.4 is 19.9 Å². The fourth-order valence-electron chi connectivity index (χ4n) is 4.57. The van der Waals surface area contributed by atoms with Gasteiger partial charge >= 0.3 is 5.97 Å². The van der Waals surface area contributed by atoms with Crippen LogP contribution in [0.4, 0.5) is 17.1 Å². The predicted octanol–water partition coefficient (Wildman–Crippen LogP) is 6.36. The lowest BCUT2D eigenvalue weighted by atomic mass is 10.1. The fourth-order valence-corrected chi connectivity index (χ4v) is 4.75. The van der Waals surface area contributed by atoms with Crippen LogP contribution in [0.5, 0.6) is 5.75 Å². The highest BCUT2D eigenvalue weighted by Crippen LogP contribution is 2.35. The second-order valence-electron chi connectivity index (χ2n) is 11.3. The van der Waals surface area contributed by atoms with Gasteiger partial charge in [0.1, 0.15) is 12.3 Å². The standard InChI is InChI=1S/C34H38Cl3N5O5/c1-23(34(35,36)37)22-47-31(44)21-42-20-25-19-28(46-18-8-11-30(43)41(4)27-9-6-5-7-10-27)16-17-29(25)38-33(42)39-32(45)24-12-14-26(15-13-24)40(2)3/h5-7,9-10,12-17,19,23H,8,11,18,20-22H2,1-4H3,(H,38,39,45). The van der Waals surface area contributed by atoms with Crippen LogP contribution in [-0.4, -0.2) is 73.3 Å². The third-order valence-corrected chi connectivity index (χ3v) is 8.62. The molecule has 0 saturated carbocycles. The Morgan fingerprint density at radius 3 is 2.34 bits per heavy atom. The number of anilines is 2. The number of carbonyl (C=O) groups is 3. The highest BCUT2D eigenvalue weighted by atomic mass is 35.6. The van der Waals surface area contributed by atoms with Crippen LogP contribution in [0.3, 0.4) is 0 Å². The van der Waals surface area contributed by atoms with Gasteiger partial charge in [0.15, 0.2) is 3.79 Å². The topological polar surface area (TPSA) is 104 Å². The summed E-state index contributed by atoms with van der Waals surface area (Å²) in [7, 11) is 5.58. The molecule has 1 heterocycles. The number of ether oxygens (including phenoxy) is 2. The fraction of sp³-hybridized carbons (Fsp3) is 0.353. The Kier molecular flexibility index (Phi) is 12.4. The first-order valence-electron chi connectivity index (χ1n) is 15.0. The predicted molar refractivity (Wildman–Crippen MR) is 187 cm³/mol. The van der Waals surface area contributed by atoms with Gasteiger partial charge in [0.2, 0.25) is 11.9 Å². The molecule has 2 amide bonds. The number of esters is 1. The Morgan fingerprint density at radius 1 is 0.979 bits per heavy atom. The van der Waals surface area contributed by atoms with Crippen LogP contribution >= 0.6 is 34.8 Å². The van der Waals surface area contributed by atoms with Crippen molar-refractivity contribution in [3.63, 3.8) is 0 Å². The number of fused-ring (bicyclic) bond motifs is 1. The summed E-state index contributed by atoms with van der Waals surface area (Å²) in [6.45, 7) is 1.92. The molecule has 1 aliphatic rings. The first-order valence-corrected chi connectivity index (χ1v) is 16.2. The highest BCUT2D eigenvalue weighted by molar-refractivity contribution is 6.67. The lowest BCUT2D eigenvalue weighted by molar-refractivity contribution is -0.145. The number of hydrogen-bond donors (Lipinski definition) is 1. The molecule has 47 heavy (non-hydrogen) atoms. The van der Waals surface area contributed by atoms with E-state index >= 15 is 0 Å². The van der Waals surface area contributed by atoms with Gasteiger partial charge in [0.05, 0.1) is 18.9 Å². The molecule has 0 fully saturated rings. The summed E-state index contributed by atoms with van der Waals surface area (Å²) in [5, 5.41) is 2.84. The second kappa shape index (κ2) is 16.2. The van der Waals surface area contributed by atoms with Gasteiger partial charge in [-0.15, -0.1) is 0 Å². The van der Waals surface area contributed by atoms with E-state index in [-0.39, 0.29) is 37.5 Å². The maximum atomic E-state index is 13.2. The van der Waals surface area contributed by atoms with Gasteiger partial charge in [-0.3, -0.25) is 19.7 Å². The molecule has 0 aliphatic carbocycles. The molecular weight excluding hydrogens is 665 g/mol.